The van der Waals surface area contributed by atoms with E-state index in [0.29, 0.717) is 19.4 Å². The van der Waals surface area contributed by atoms with Crippen molar-refractivity contribution in [3.8, 4) is 0 Å². The average molecular weight is 226 g/mol. The van der Waals surface area contributed by atoms with Crippen molar-refractivity contribution >= 4 is 11.8 Å². The maximum Gasteiger partial charge on any atom is 0.235 e. The van der Waals surface area contributed by atoms with E-state index in [1.165, 1.54) is 0 Å². The molecule has 4 heteroatoms. The van der Waals surface area contributed by atoms with Crippen molar-refractivity contribution in [2.24, 2.45) is 5.41 Å². The summed E-state index contributed by atoms with van der Waals surface area (Å²) in [5.41, 5.74) is -0.752. The van der Waals surface area contributed by atoms with Gasteiger partial charge in [0.05, 0.1) is 0 Å². The molecule has 2 amide bonds. The monoisotopic (exact) mass is 226 g/mol. The van der Waals surface area contributed by atoms with E-state index in [1.54, 1.807) is 0 Å². The molecule has 0 unspecified atom stereocenters. The first kappa shape index (κ1) is 13.0. The molecule has 0 aromatic carbocycles. The quantitative estimate of drug-likeness (QED) is 0.528. The SMILES string of the molecule is CCCCNC(=O)C1(C(=O)NC(C)C)CC1. The molecule has 92 valence electrons. The Bertz CT molecular complexity index is 270. The molecule has 1 fully saturated rings. The molecule has 2 N–H and O–H groups in total. The highest BCUT2D eigenvalue weighted by atomic mass is 16.2. The second-order valence-electron chi connectivity index (χ2n) is 4.82. The van der Waals surface area contributed by atoms with E-state index in [1.807, 2.05) is 13.8 Å². The molecule has 0 aromatic heterocycles. The van der Waals surface area contributed by atoms with Gasteiger partial charge in [-0.3, -0.25) is 9.59 Å². The van der Waals surface area contributed by atoms with Gasteiger partial charge in [0, 0.05) is 12.6 Å². The lowest BCUT2D eigenvalue weighted by Gasteiger charge is -2.17. The highest BCUT2D eigenvalue weighted by Crippen LogP contribution is 2.46. The molecule has 1 rings (SSSR count). The number of unbranched alkanes of at least 4 members (excludes halogenated alkanes) is 1. The van der Waals surface area contributed by atoms with Crippen molar-refractivity contribution in [2.45, 2.75) is 52.5 Å². The number of rotatable bonds is 6. The van der Waals surface area contributed by atoms with Crippen LogP contribution >= 0.6 is 0 Å². The first-order valence-electron chi connectivity index (χ1n) is 6.12. The second kappa shape index (κ2) is 5.32. The number of carbonyl (C=O) groups excluding carboxylic acids is 2. The predicted octanol–water partition coefficient (Wildman–Crippen LogP) is 1.21. The van der Waals surface area contributed by atoms with Gasteiger partial charge in [0.2, 0.25) is 11.8 Å². The van der Waals surface area contributed by atoms with Crippen LogP contribution in [-0.2, 0) is 9.59 Å². The fourth-order valence-electron chi connectivity index (χ4n) is 1.63. The van der Waals surface area contributed by atoms with Crippen molar-refractivity contribution in [1.29, 1.82) is 0 Å². The number of hydrogen-bond donors (Lipinski definition) is 2. The average Bonchev–Trinajstić information content (AvgIpc) is 2.97. The van der Waals surface area contributed by atoms with E-state index in [2.05, 4.69) is 17.6 Å². The summed E-state index contributed by atoms with van der Waals surface area (Å²) >= 11 is 0. The zero-order chi connectivity index (χ0) is 12.2. The van der Waals surface area contributed by atoms with E-state index in [0.717, 1.165) is 12.8 Å². The Kier molecular flexibility index (Phi) is 4.33. The van der Waals surface area contributed by atoms with Crippen LogP contribution in [0.1, 0.15) is 46.5 Å². The molecule has 0 spiro atoms. The Balaban J connectivity index is 2.44. The third-order valence-electron chi connectivity index (χ3n) is 2.85. The maximum absolute atomic E-state index is 11.9. The molecule has 0 radical (unpaired) electrons. The van der Waals surface area contributed by atoms with E-state index in [-0.39, 0.29) is 17.9 Å². The van der Waals surface area contributed by atoms with E-state index >= 15 is 0 Å². The zero-order valence-corrected chi connectivity index (χ0v) is 10.4. The summed E-state index contributed by atoms with van der Waals surface area (Å²) < 4.78 is 0. The second-order valence-corrected chi connectivity index (χ2v) is 4.82. The van der Waals surface area contributed by atoms with E-state index in [9.17, 15) is 9.59 Å². The van der Waals surface area contributed by atoms with Crippen molar-refractivity contribution in [3.63, 3.8) is 0 Å². The molecule has 1 aliphatic carbocycles. The number of amides is 2. The summed E-state index contributed by atoms with van der Waals surface area (Å²) in [6.45, 7) is 6.56. The lowest BCUT2D eigenvalue weighted by Crippen LogP contribution is -2.45. The Morgan fingerprint density at radius 3 is 2.31 bits per heavy atom. The van der Waals surface area contributed by atoms with Gasteiger partial charge in [-0.15, -0.1) is 0 Å². The van der Waals surface area contributed by atoms with E-state index < -0.39 is 5.41 Å². The van der Waals surface area contributed by atoms with Crippen molar-refractivity contribution in [2.75, 3.05) is 6.54 Å². The first-order valence-corrected chi connectivity index (χ1v) is 6.12. The van der Waals surface area contributed by atoms with Crippen molar-refractivity contribution in [3.05, 3.63) is 0 Å². The summed E-state index contributed by atoms with van der Waals surface area (Å²) in [5.74, 6) is -0.212. The highest BCUT2D eigenvalue weighted by Gasteiger charge is 2.56. The molecular formula is C12H22N2O2. The first-order chi connectivity index (χ1) is 7.53. The molecule has 0 saturated heterocycles. The molecule has 0 aliphatic heterocycles. The largest absolute Gasteiger partial charge is 0.355 e. The molecule has 16 heavy (non-hydrogen) atoms. The van der Waals surface area contributed by atoms with Gasteiger partial charge in [-0.1, -0.05) is 13.3 Å². The Hall–Kier alpha value is -1.06. The lowest BCUT2D eigenvalue weighted by atomic mass is 10.0. The van der Waals surface area contributed by atoms with Crippen LogP contribution in [0.4, 0.5) is 0 Å². The Morgan fingerprint density at radius 2 is 1.88 bits per heavy atom. The van der Waals surface area contributed by atoms with Gasteiger partial charge in [-0.2, -0.15) is 0 Å². The van der Waals surface area contributed by atoms with Gasteiger partial charge in [0.25, 0.3) is 0 Å². The zero-order valence-electron chi connectivity index (χ0n) is 10.4. The molecule has 4 nitrogen and oxygen atoms in total. The summed E-state index contributed by atoms with van der Waals surface area (Å²) in [7, 11) is 0. The summed E-state index contributed by atoms with van der Waals surface area (Å²) in [4.78, 5) is 23.7. The van der Waals surface area contributed by atoms with Crippen LogP contribution in [-0.4, -0.2) is 24.4 Å². The third-order valence-corrected chi connectivity index (χ3v) is 2.85. The van der Waals surface area contributed by atoms with Crippen LogP contribution in [0.5, 0.6) is 0 Å². The van der Waals surface area contributed by atoms with Gasteiger partial charge in [-0.25, -0.2) is 0 Å². The Labute approximate surface area is 97.2 Å². The van der Waals surface area contributed by atoms with Crippen LogP contribution in [0, 0.1) is 5.41 Å². The standard InChI is InChI=1S/C12H22N2O2/c1-4-5-8-13-10(15)12(6-7-12)11(16)14-9(2)3/h9H,4-8H2,1-3H3,(H,13,15)(H,14,16). The highest BCUT2D eigenvalue weighted by molar-refractivity contribution is 6.07. The third kappa shape index (κ3) is 2.97. The molecule has 0 aromatic rings. The summed E-state index contributed by atoms with van der Waals surface area (Å²) in [5, 5.41) is 5.66. The molecule has 1 saturated carbocycles. The van der Waals surface area contributed by atoms with E-state index in [4.69, 9.17) is 0 Å². The molecule has 1 aliphatic rings. The fraction of sp³-hybridized carbons (Fsp3) is 0.833. The van der Waals surface area contributed by atoms with Crippen LogP contribution in [0.3, 0.4) is 0 Å². The van der Waals surface area contributed by atoms with Crippen LogP contribution < -0.4 is 10.6 Å². The van der Waals surface area contributed by atoms with Crippen molar-refractivity contribution < 1.29 is 9.59 Å². The summed E-state index contributed by atoms with van der Waals surface area (Å²) in [6.07, 6.45) is 3.38. The Morgan fingerprint density at radius 1 is 1.25 bits per heavy atom. The number of carbonyl (C=O) groups is 2. The molecule has 0 atom stereocenters. The van der Waals surface area contributed by atoms with Gasteiger partial charge >= 0.3 is 0 Å². The van der Waals surface area contributed by atoms with Gasteiger partial charge in [-0.05, 0) is 33.1 Å². The lowest BCUT2D eigenvalue weighted by molar-refractivity contribution is -0.137. The molecule has 0 heterocycles. The minimum absolute atomic E-state index is 0.0911. The van der Waals surface area contributed by atoms with Gasteiger partial charge < -0.3 is 10.6 Å². The topological polar surface area (TPSA) is 58.2 Å². The molecular weight excluding hydrogens is 204 g/mol. The van der Waals surface area contributed by atoms with Crippen molar-refractivity contribution in [1.82, 2.24) is 10.6 Å². The normalized spacial score (nSPS) is 17.0. The van der Waals surface area contributed by atoms with Crippen LogP contribution in [0.25, 0.3) is 0 Å². The smallest absolute Gasteiger partial charge is 0.235 e. The minimum Gasteiger partial charge on any atom is -0.355 e. The number of nitrogens with one attached hydrogen (secondary N) is 2. The van der Waals surface area contributed by atoms with Crippen LogP contribution in [0.15, 0.2) is 0 Å². The fourth-order valence-corrected chi connectivity index (χ4v) is 1.63. The number of hydrogen-bond acceptors (Lipinski definition) is 2. The van der Waals surface area contributed by atoms with Crippen LogP contribution in [0.2, 0.25) is 0 Å². The molecule has 0 bridgehead atoms. The van der Waals surface area contributed by atoms with Gasteiger partial charge in [0.15, 0.2) is 0 Å². The maximum atomic E-state index is 11.9. The predicted molar refractivity (Wildman–Crippen MR) is 62.9 cm³/mol. The minimum atomic E-state index is -0.752. The summed E-state index contributed by atoms with van der Waals surface area (Å²) in [6, 6.07) is 0.0911. The van der Waals surface area contributed by atoms with Gasteiger partial charge in [0.1, 0.15) is 5.41 Å².